The molecule has 0 spiro atoms. The van der Waals surface area contributed by atoms with E-state index in [1.54, 1.807) is 13.0 Å². The van der Waals surface area contributed by atoms with Crippen molar-refractivity contribution in [2.75, 3.05) is 20.1 Å². The zero-order valence-corrected chi connectivity index (χ0v) is 15.5. The SMILES string of the molecule is Cc1ccc(S(=O)(=O)N2CCCCC2)cc1C(=O)N(C)C(C)C(=O)O. The normalized spacial score (nSPS) is 17.1. The van der Waals surface area contributed by atoms with Gasteiger partial charge in [-0.15, -0.1) is 0 Å². The first-order valence-electron chi connectivity index (χ1n) is 8.27. The highest BCUT2D eigenvalue weighted by molar-refractivity contribution is 7.89. The maximum Gasteiger partial charge on any atom is 0.326 e. The summed E-state index contributed by atoms with van der Waals surface area (Å²) in [5.41, 5.74) is 0.806. The number of carboxylic acids is 1. The Morgan fingerprint density at radius 3 is 2.36 bits per heavy atom. The molecule has 0 saturated carbocycles. The maximum atomic E-state index is 12.8. The van der Waals surface area contributed by atoms with Crippen molar-refractivity contribution in [2.45, 2.75) is 44.0 Å². The summed E-state index contributed by atoms with van der Waals surface area (Å²) >= 11 is 0. The number of hydrogen-bond acceptors (Lipinski definition) is 4. The van der Waals surface area contributed by atoms with Crippen molar-refractivity contribution >= 4 is 21.9 Å². The fourth-order valence-electron chi connectivity index (χ4n) is 2.78. The maximum absolute atomic E-state index is 12.8. The van der Waals surface area contributed by atoms with Gasteiger partial charge in [0.05, 0.1) is 4.90 Å². The van der Waals surface area contributed by atoms with Crippen LogP contribution >= 0.6 is 0 Å². The summed E-state index contributed by atoms with van der Waals surface area (Å²) in [5.74, 6) is -1.63. The smallest absolute Gasteiger partial charge is 0.326 e. The largest absolute Gasteiger partial charge is 0.480 e. The number of nitrogens with zero attached hydrogens (tertiary/aromatic N) is 2. The average Bonchev–Trinajstić information content (AvgIpc) is 2.60. The van der Waals surface area contributed by atoms with Crippen LogP contribution in [0.15, 0.2) is 23.1 Å². The fourth-order valence-corrected chi connectivity index (χ4v) is 4.32. The van der Waals surface area contributed by atoms with Crippen LogP contribution in [0, 0.1) is 6.92 Å². The number of aliphatic carboxylic acids is 1. The van der Waals surface area contributed by atoms with Gasteiger partial charge in [0.1, 0.15) is 6.04 Å². The van der Waals surface area contributed by atoms with Gasteiger partial charge in [0.2, 0.25) is 10.0 Å². The average molecular weight is 368 g/mol. The van der Waals surface area contributed by atoms with Crippen LogP contribution in [0.2, 0.25) is 0 Å². The minimum absolute atomic E-state index is 0.0692. The van der Waals surface area contributed by atoms with Crippen LogP contribution in [0.4, 0.5) is 0 Å². The number of benzene rings is 1. The lowest BCUT2D eigenvalue weighted by Crippen LogP contribution is -2.40. The molecule has 1 aromatic carbocycles. The third-order valence-corrected chi connectivity index (χ3v) is 6.55. The molecule has 1 amide bonds. The fraction of sp³-hybridized carbons (Fsp3) is 0.529. The summed E-state index contributed by atoms with van der Waals surface area (Å²) in [6.07, 6.45) is 2.67. The van der Waals surface area contributed by atoms with Gasteiger partial charge in [-0.05, 0) is 44.4 Å². The Morgan fingerprint density at radius 1 is 1.20 bits per heavy atom. The minimum Gasteiger partial charge on any atom is -0.480 e. The molecule has 0 aliphatic carbocycles. The Morgan fingerprint density at radius 2 is 1.80 bits per heavy atom. The van der Waals surface area contributed by atoms with E-state index in [2.05, 4.69) is 0 Å². The number of hydrogen-bond donors (Lipinski definition) is 1. The standard InChI is InChI=1S/C17H24N2O5S/c1-12-7-8-14(25(23,24)19-9-5-4-6-10-19)11-15(12)16(20)18(3)13(2)17(21)22/h7-8,11,13H,4-6,9-10H2,1-3H3,(H,21,22). The lowest BCUT2D eigenvalue weighted by atomic mass is 10.1. The van der Waals surface area contributed by atoms with E-state index in [0.717, 1.165) is 24.2 Å². The second-order valence-corrected chi connectivity index (χ2v) is 8.31. The Hall–Kier alpha value is -1.93. The third-order valence-electron chi connectivity index (χ3n) is 4.65. The molecular weight excluding hydrogens is 344 g/mol. The first-order valence-corrected chi connectivity index (χ1v) is 9.71. The molecule has 25 heavy (non-hydrogen) atoms. The number of rotatable bonds is 5. The Kier molecular flexibility index (Phi) is 5.84. The molecular formula is C17H24N2O5S. The molecule has 0 aromatic heterocycles. The van der Waals surface area contributed by atoms with Crippen molar-refractivity contribution in [3.63, 3.8) is 0 Å². The van der Waals surface area contributed by atoms with Gasteiger partial charge < -0.3 is 10.0 Å². The highest BCUT2D eigenvalue weighted by atomic mass is 32.2. The van der Waals surface area contributed by atoms with E-state index in [-0.39, 0.29) is 10.5 Å². The number of carbonyl (C=O) groups is 2. The van der Waals surface area contributed by atoms with Crippen LogP contribution in [0.5, 0.6) is 0 Å². The van der Waals surface area contributed by atoms with Crippen molar-refractivity contribution in [3.8, 4) is 0 Å². The minimum atomic E-state index is -3.65. The van der Waals surface area contributed by atoms with E-state index < -0.39 is 27.9 Å². The van der Waals surface area contributed by atoms with Gasteiger partial charge in [-0.25, -0.2) is 13.2 Å². The number of piperidine rings is 1. The van der Waals surface area contributed by atoms with Gasteiger partial charge in [-0.2, -0.15) is 4.31 Å². The monoisotopic (exact) mass is 368 g/mol. The van der Waals surface area contributed by atoms with Gasteiger partial charge in [-0.3, -0.25) is 4.79 Å². The van der Waals surface area contributed by atoms with Crippen molar-refractivity contribution in [2.24, 2.45) is 0 Å². The molecule has 138 valence electrons. The quantitative estimate of drug-likeness (QED) is 0.854. The van der Waals surface area contributed by atoms with Crippen molar-refractivity contribution in [1.82, 2.24) is 9.21 Å². The predicted octanol–water partition coefficient (Wildman–Crippen LogP) is 1.71. The van der Waals surface area contributed by atoms with Crippen LogP contribution in [0.1, 0.15) is 42.1 Å². The molecule has 7 nitrogen and oxygen atoms in total. The zero-order chi connectivity index (χ0) is 18.8. The topological polar surface area (TPSA) is 95.0 Å². The van der Waals surface area contributed by atoms with Crippen molar-refractivity contribution in [3.05, 3.63) is 29.3 Å². The first kappa shape index (κ1) is 19.4. The predicted molar refractivity (Wildman–Crippen MR) is 93.0 cm³/mol. The third kappa shape index (κ3) is 4.01. The number of carbonyl (C=O) groups excluding carboxylic acids is 1. The molecule has 1 aromatic rings. The van der Waals surface area contributed by atoms with Crippen LogP contribution in [0.25, 0.3) is 0 Å². The van der Waals surface area contributed by atoms with Gasteiger partial charge in [0.15, 0.2) is 0 Å². The molecule has 1 atom stereocenters. The number of likely N-dealkylation sites (N-methyl/N-ethyl adjacent to an activating group) is 1. The summed E-state index contributed by atoms with van der Waals surface area (Å²) in [7, 11) is -2.26. The molecule has 0 bridgehead atoms. The molecule has 1 saturated heterocycles. The molecule has 1 unspecified atom stereocenters. The molecule has 0 radical (unpaired) electrons. The summed E-state index contributed by atoms with van der Waals surface area (Å²) in [6, 6.07) is 3.43. The molecule has 1 N–H and O–H groups in total. The van der Waals surface area contributed by atoms with Gasteiger partial charge >= 0.3 is 5.97 Å². The summed E-state index contributed by atoms with van der Waals surface area (Å²) in [5, 5.41) is 9.08. The lowest BCUT2D eigenvalue weighted by Gasteiger charge is -2.26. The molecule has 8 heteroatoms. The Bertz CT molecular complexity index is 769. The number of carboxylic acid groups (broad SMARTS) is 1. The van der Waals surface area contributed by atoms with Crippen LogP contribution < -0.4 is 0 Å². The van der Waals surface area contributed by atoms with E-state index in [4.69, 9.17) is 5.11 Å². The summed E-state index contributed by atoms with van der Waals surface area (Å²) in [4.78, 5) is 24.9. The molecule has 2 rings (SSSR count). The van der Waals surface area contributed by atoms with Crippen molar-refractivity contribution in [1.29, 1.82) is 0 Å². The molecule has 1 aliphatic rings. The number of amides is 1. The first-order chi connectivity index (χ1) is 11.7. The number of sulfonamides is 1. The van der Waals surface area contributed by atoms with Gasteiger partial charge in [0.25, 0.3) is 5.91 Å². The van der Waals surface area contributed by atoms with Crippen LogP contribution in [-0.2, 0) is 14.8 Å². The van der Waals surface area contributed by atoms with Crippen LogP contribution in [0.3, 0.4) is 0 Å². The zero-order valence-electron chi connectivity index (χ0n) is 14.7. The highest BCUT2D eigenvalue weighted by Crippen LogP contribution is 2.23. The molecule has 1 heterocycles. The van der Waals surface area contributed by atoms with E-state index in [1.165, 1.54) is 30.4 Å². The second kappa shape index (κ2) is 7.53. The van der Waals surface area contributed by atoms with E-state index in [0.29, 0.717) is 18.7 Å². The Labute approximate surface area is 148 Å². The highest BCUT2D eigenvalue weighted by Gasteiger charge is 2.29. The van der Waals surface area contributed by atoms with Crippen molar-refractivity contribution < 1.29 is 23.1 Å². The van der Waals surface area contributed by atoms with E-state index in [9.17, 15) is 18.0 Å². The van der Waals surface area contributed by atoms with E-state index in [1.807, 2.05) is 0 Å². The summed E-state index contributed by atoms with van der Waals surface area (Å²) in [6.45, 7) is 4.07. The second-order valence-electron chi connectivity index (χ2n) is 6.37. The van der Waals surface area contributed by atoms with Gasteiger partial charge in [-0.1, -0.05) is 12.5 Å². The molecule has 1 fully saturated rings. The Balaban J connectivity index is 2.37. The lowest BCUT2D eigenvalue weighted by molar-refractivity contribution is -0.141. The van der Waals surface area contributed by atoms with Gasteiger partial charge in [0, 0.05) is 25.7 Å². The van der Waals surface area contributed by atoms with Crippen LogP contribution in [-0.4, -0.2) is 60.8 Å². The summed E-state index contributed by atoms with van der Waals surface area (Å²) < 4.78 is 27.0. The number of aryl methyl sites for hydroxylation is 1. The molecule has 1 aliphatic heterocycles. The van der Waals surface area contributed by atoms with E-state index >= 15 is 0 Å².